The van der Waals surface area contributed by atoms with Gasteiger partial charge in [-0.3, -0.25) is 4.79 Å². The lowest BCUT2D eigenvalue weighted by atomic mass is 10.2. The van der Waals surface area contributed by atoms with E-state index in [1.165, 1.54) is 6.92 Å². The van der Waals surface area contributed by atoms with E-state index in [-0.39, 0.29) is 12.0 Å². The van der Waals surface area contributed by atoms with Gasteiger partial charge in [0.05, 0.1) is 6.10 Å². The van der Waals surface area contributed by atoms with Crippen molar-refractivity contribution >= 4 is 33.2 Å². The van der Waals surface area contributed by atoms with Gasteiger partial charge in [0, 0.05) is 34.9 Å². The van der Waals surface area contributed by atoms with Gasteiger partial charge in [0.15, 0.2) is 0 Å². The fraction of sp³-hybridized carbons (Fsp3) is 0.278. The highest BCUT2D eigenvalue weighted by Crippen LogP contribution is 2.25. The standard InChI is InChI=1S/C18H21BrN2O2/c1-12(2)23-18-9-4-15(19)10-14(18)11-20-16-5-7-17(8-6-16)21-13(3)22/h4-10,12,20H,11H2,1-3H3,(H,21,22). The molecule has 0 aliphatic carbocycles. The molecule has 0 heterocycles. The summed E-state index contributed by atoms with van der Waals surface area (Å²) in [5.74, 6) is 0.806. The van der Waals surface area contributed by atoms with Crippen molar-refractivity contribution in [3.63, 3.8) is 0 Å². The van der Waals surface area contributed by atoms with Gasteiger partial charge in [-0.1, -0.05) is 15.9 Å². The Morgan fingerprint density at radius 3 is 2.39 bits per heavy atom. The van der Waals surface area contributed by atoms with E-state index in [1.54, 1.807) is 0 Å². The predicted molar refractivity (Wildman–Crippen MR) is 98.0 cm³/mol. The van der Waals surface area contributed by atoms with Crippen LogP contribution >= 0.6 is 15.9 Å². The first-order valence-corrected chi connectivity index (χ1v) is 8.30. The smallest absolute Gasteiger partial charge is 0.221 e. The molecule has 0 aromatic heterocycles. The van der Waals surface area contributed by atoms with Crippen LogP contribution in [0.5, 0.6) is 5.75 Å². The third-order valence-electron chi connectivity index (χ3n) is 3.07. The molecule has 0 unspecified atom stereocenters. The third-order valence-corrected chi connectivity index (χ3v) is 3.57. The summed E-state index contributed by atoms with van der Waals surface area (Å²) in [4.78, 5) is 11.0. The molecule has 122 valence electrons. The Morgan fingerprint density at radius 1 is 1.13 bits per heavy atom. The molecular weight excluding hydrogens is 356 g/mol. The topological polar surface area (TPSA) is 50.4 Å². The van der Waals surface area contributed by atoms with Crippen LogP contribution in [0.3, 0.4) is 0 Å². The summed E-state index contributed by atoms with van der Waals surface area (Å²) in [7, 11) is 0. The molecule has 0 saturated carbocycles. The van der Waals surface area contributed by atoms with Gasteiger partial charge in [0.25, 0.3) is 0 Å². The number of carbonyl (C=O) groups excluding carboxylic acids is 1. The molecule has 4 nitrogen and oxygen atoms in total. The molecule has 2 aromatic carbocycles. The average Bonchev–Trinajstić information content (AvgIpc) is 2.48. The monoisotopic (exact) mass is 376 g/mol. The molecule has 0 aliphatic rings. The summed E-state index contributed by atoms with van der Waals surface area (Å²) < 4.78 is 6.86. The first-order chi connectivity index (χ1) is 10.9. The maximum absolute atomic E-state index is 11.0. The second kappa shape index (κ2) is 8.02. The second-order valence-electron chi connectivity index (χ2n) is 5.53. The van der Waals surface area contributed by atoms with Gasteiger partial charge >= 0.3 is 0 Å². The van der Waals surface area contributed by atoms with Crippen molar-refractivity contribution in [2.45, 2.75) is 33.4 Å². The number of hydrogen-bond donors (Lipinski definition) is 2. The molecule has 0 spiro atoms. The Kier molecular flexibility index (Phi) is 6.04. The lowest BCUT2D eigenvalue weighted by Crippen LogP contribution is -2.09. The molecule has 0 aliphatic heterocycles. The van der Waals surface area contributed by atoms with Gasteiger partial charge in [0.2, 0.25) is 5.91 Å². The molecule has 1 amide bonds. The number of rotatable bonds is 6. The highest BCUT2D eigenvalue weighted by Gasteiger charge is 2.07. The number of carbonyl (C=O) groups is 1. The summed E-state index contributed by atoms with van der Waals surface area (Å²) in [5, 5.41) is 6.12. The zero-order valence-corrected chi connectivity index (χ0v) is 15.1. The van der Waals surface area contributed by atoms with Gasteiger partial charge in [-0.2, -0.15) is 0 Å². The van der Waals surface area contributed by atoms with Crippen molar-refractivity contribution in [3.8, 4) is 5.75 Å². The maximum Gasteiger partial charge on any atom is 0.221 e. The number of amides is 1. The number of anilines is 2. The van der Waals surface area contributed by atoms with Crippen LogP contribution in [0.1, 0.15) is 26.3 Å². The predicted octanol–water partition coefficient (Wildman–Crippen LogP) is 4.81. The van der Waals surface area contributed by atoms with Crippen molar-refractivity contribution in [2.75, 3.05) is 10.6 Å². The molecule has 0 bridgehead atoms. The fourth-order valence-electron chi connectivity index (χ4n) is 2.13. The Morgan fingerprint density at radius 2 is 1.78 bits per heavy atom. The molecule has 5 heteroatoms. The Balaban J connectivity index is 2.05. The van der Waals surface area contributed by atoms with Crippen LogP contribution < -0.4 is 15.4 Å². The van der Waals surface area contributed by atoms with Crippen LogP contribution in [0, 0.1) is 0 Å². The van der Waals surface area contributed by atoms with Gasteiger partial charge in [-0.25, -0.2) is 0 Å². The van der Waals surface area contributed by atoms with Crippen molar-refractivity contribution in [3.05, 3.63) is 52.5 Å². The number of nitrogens with one attached hydrogen (secondary N) is 2. The number of halogens is 1. The van der Waals surface area contributed by atoms with Crippen LogP contribution in [-0.2, 0) is 11.3 Å². The molecule has 2 rings (SSSR count). The van der Waals surface area contributed by atoms with Crippen LogP contribution in [0.4, 0.5) is 11.4 Å². The molecule has 0 atom stereocenters. The minimum Gasteiger partial charge on any atom is -0.491 e. The molecular formula is C18H21BrN2O2. The lowest BCUT2D eigenvalue weighted by molar-refractivity contribution is -0.114. The van der Waals surface area contributed by atoms with Gasteiger partial charge in [-0.05, 0) is 56.3 Å². The minimum atomic E-state index is -0.0738. The average molecular weight is 377 g/mol. The summed E-state index contributed by atoms with van der Waals surface area (Å²) in [5.41, 5.74) is 2.85. The molecule has 0 fully saturated rings. The van der Waals surface area contributed by atoms with E-state index in [0.29, 0.717) is 6.54 Å². The van der Waals surface area contributed by atoms with Crippen LogP contribution in [-0.4, -0.2) is 12.0 Å². The summed E-state index contributed by atoms with van der Waals surface area (Å²) in [6.45, 7) is 6.18. The number of benzene rings is 2. The Hall–Kier alpha value is -2.01. The van der Waals surface area contributed by atoms with E-state index in [2.05, 4.69) is 32.6 Å². The minimum absolute atomic E-state index is 0.0738. The third kappa shape index (κ3) is 5.60. The van der Waals surface area contributed by atoms with Gasteiger partial charge in [0.1, 0.15) is 5.75 Å². The highest BCUT2D eigenvalue weighted by atomic mass is 79.9. The van der Waals surface area contributed by atoms with E-state index in [9.17, 15) is 4.79 Å². The first-order valence-electron chi connectivity index (χ1n) is 7.50. The quantitative estimate of drug-likeness (QED) is 0.760. The van der Waals surface area contributed by atoms with E-state index >= 15 is 0 Å². The summed E-state index contributed by atoms with van der Waals surface area (Å²) >= 11 is 3.50. The SMILES string of the molecule is CC(=O)Nc1ccc(NCc2cc(Br)ccc2OC(C)C)cc1. The Bertz CT molecular complexity index is 669. The number of ether oxygens (including phenoxy) is 1. The zero-order valence-electron chi connectivity index (χ0n) is 13.5. The van der Waals surface area contributed by atoms with E-state index in [1.807, 2.05) is 50.2 Å². The zero-order chi connectivity index (χ0) is 16.8. The first kappa shape index (κ1) is 17.3. The number of hydrogen-bond acceptors (Lipinski definition) is 3. The van der Waals surface area contributed by atoms with E-state index < -0.39 is 0 Å². The van der Waals surface area contributed by atoms with E-state index in [4.69, 9.17) is 4.74 Å². The largest absolute Gasteiger partial charge is 0.491 e. The second-order valence-corrected chi connectivity index (χ2v) is 6.45. The fourth-order valence-corrected chi connectivity index (χ4v) is 2.54. The van der Waals surface area contributed by atoms with Gasteiger partial charge in [-0.15, -0.1) is 0 Å². The van der Waals surface area contributed by atoms with Crippen molar-refractivity contribution in [2.24, 2.45) is 0 Å². The highest BCUT2D eigenvalue weighted by molar-refractivity contribution is 9.10. The van der Waals surface area contributed by atoms with Crippen molar-refractivity contribution in [1.82, 2.24) is 0 Å². The summed E-state index contributed by atoms with van der Waals surface area (Å²) in [6.07, 6.45) is 0.131. The lowest BCUT2D eigenvalue weighted by Gasteiger charge is -2.16. The van der Waals surface area contributed by atoms with Crippen LogP contribution in [0.2, 0.25) is 0 Å². The van der Waals surface area contributed by atoms with Crippen LogP contribution in [0.25, 0.3) is 0 Å². The maximum atomic E-state index is 11.0. The molecule has 2 aromatic rings. The van der Waals surface area contributed by atoms with Crippen molar-refractivity contribution < 1.29 is 9.53 Å². The molecule has 2 N–H and O–H groups in total. The summed E-state index contributed by atoms with van der Waals surface area (Å²) in [6, 6.07) is 13.6. The van der Waals surface area contributed by atoms with Crippen LogP contribution in [0.15, 0.2) is 46.9 Å². The van der Waals surface area contributed by atoms with Crippen molar-refractivity contribution in [1.29, 1.82) is 0 Å². The molecule has 0 radical (unpaired) electrons. The van der Waals surface area contributed by atoms with E-state index in [0.717, 1.165) is 27.2 Å². The molecule has 0 saturated heterocycles. The normalized spacial score (nSPS) is 10.5. The van der Waals surface area contributed by atoms with Gasteiger partial charge < -0.3 is 15.4 Å². The Labute approximate surface area is 145 Å². The molecule has 23 heavy (non-hydrogen) atoms.